The predicted octanol–water partition coefficient (Wildman–Crippen LogP) is 1.32. The standard InChI is InChI=1S/C12H9N5O3/c1-7-4-8(12(18)19)2-3-9(7)20-11-6-13-5-10-14-15-16-17(10)11/h2-6H,1H3,(H,18,19). The number of benzene rings is 1. The van der Waals surface area contributed by atoms with Crippen LogP contribution in [0.25, 0.3) is 5.65 Å². The van der Waals surface area contributed by atoms with Gasteiger partial charge in [-0.3, -0.25) is 4.98 Å². The van der Waals surface area contributed by atoms with Crippen molar-refractivity contribution in [1.82, 2.24) is 25.0 Å². The minimum absolute atomic E-state index is 0.202. The Morgan fingerprint density at radius 3 is 2.95 bits per heavy atom. The molecule has 0 aliphatic carbocycles. The lowest BCUT2D eigenvalue weighted by molar-refractivity contribution is 0.0697. The number of hydrogen-bond donors (Lipinski definition) is 1. The first-order valence-electron chi connectivity index (χ1n) is 5.69. The Morgan fingerprint density at radius 2 is 2.20 bits per heavy atom. The predicted molar refractivity (Wildman–Crippen MR) is 66.8 cm³/mol. The summed E-state index contributed by atoms with van der Waals surface area (Å²) in [5.74, 6) is -0.123. The Bertz CT molecular complexity index is 799. The molecule has 0 atom stereocenters. The van der Waals surface area contributed by atoms with Gasteiger partial charge in [0.05, 0.1) is 18.0 Å². The average molecular weight is 271 g/mol. The molecular weight excluding hydrogens is 262 g/mol. The van der Waals surface area contributed by atoms with E-state index in [1.54, 1.807) is 13.0 Å². The van der Waals surface area contributed by atoms with Gasteiger partial charge in [0.1, 0.15) is 5.75 Å². The van der Waals surface area contributed by atoms with Gasteiger partial charge in [-0.25, -0.2) is 4.79 Å². The maximum absolute atomic E-state index is 10.9. The third-order valence-corrected chi connectivity index (χ3v) is 2.71. The number of hydrogen-bond acceptors (Lipinski definition) is 6. The molecular formula is C12H9N5O3. The Morgan fingerprint density at radius 1 is 1.35 bits per heavy atom. The fourth-order valence-corrected chi connectivity index (χ4v) is 1.73. The van der Waals surface area contributed by atoms with E-state index >= 15 is 0 Å². The minimum Gasteiger partial charge on any atom is -0.478 e. The minimum atomic E-state index is -0.983. The van der Waals surface area contributed by atoms with Crippen molar-refractivity contribution in [3.8, 4) is 11.6 Å². The van der Waals surface area contributed by atoms with Crippen LogP contribution >= 0.6 is 0 Å². The molecule has 0 aliphatic rings. The lowest BCUT2D eigenvalue weighted by Crippen LogP contribution is -2.00. The highest BCUT2D eigenvalue weighted by atomic mass is 16.5. The summed E-state index contributed by atoms with van der Waals surface area (Å²) in [6.07, 6.45) is 2.99. The maximum atomic E-state index is 10.9. The molecule has 0 radical (unpaired) electrons. The molecule has 0 fully saturated rings. The number of fused-ring (bicyclic) bond motifs is 1. The molecule has 0 bridgehead atoms. The number of carboxylic acids is 1. The first kappa shape index (κ1) is 12.0. The van der Waals surface area contributed by atoms with E-state index in [2.05, 4.69) is 20.5 Å². The molecule has 100 valence electrons. The van der Waals surface area contributed by atoms with Crippen LogP contribution in [0.4, 0.5) is 0 Å². The lowest BCUT2D eigenvalue weighted by atomic mass is 10.1. The zero-order valence-electron chi connectivity index (χ0n) is 10.4. The van der Waals surface area contributed by atoms with Crippen molar-refractivity contribution >= 4 is 11.6 Å². The van der Waals surface area contributed by atoms with Crippen LogP contribution in [0.5, 0.6) is 11.6 Å². The fraction of sp³-hybridized carbons (Fsp3) is 0.0833. The third-order valence-electron chi connectivity index (χ3n) is 2.71. The Labute approximate surface area is 112 Å². The fourth-order valence-electron chi connectivity index (χ4n) is 1.73. The number of carboxylic acid groups (broad SMARTS) is 1. The summed E-state index contributed by atoms with van der Waals surface area (Å²) >= 11 is 0. The van der Waals surface area contributed by atoms with Crippen LogP contribution in [0.2, 0.25) is 0 Å². The van der Waals surface area contributed by atoms with Crippen molar-refractivity contribution < 1.29 is 14.6 Å². The molecule has 3 rings (SSSR count). The van der Waals surface area contributed by atoms with Crippen molar-refractivity contribution in [1.29, 1.82) is 0 Å². The van der Waals surface area contributed by atoms with E-state index in [-0.39, 0.29) is 5.56 Å². The van der Waals surface area contributed by atoms with Crippen molar-refractivity contribution in [2.45, 2.75) is 6.92 Å². The highest BCUT2D eigenvalue weighted by Gasteiger charge is 2.10. The van der Waals surface area contributed by atoms with Gasteiger partial charge in [0, 0.05) is 0 Å². The highest BCUT2D eigenvalue weighted by molar-refractivity contribution is 5.88. The highest BCUT2D eigenvalue weighted by Crippen LogP contribution is 2.25. The summed E-state index contributed by atoms with van der Waals surface area (Å²) < 4.78 is 7.08. The van der Waals surface area contributed by atoms with Gasteiger partial charge in [0.25, 0.3) is 0 Å². The van der Waals surface area contributed by atoms with Crippen LogP contribution in [0.15, 0.2) is 30.6 Å². The second kappa shape index (κ2) is 4.57. The summed E-state index contributed by atoms with van der Waals surface area (Å²) in [6.45, 7) is 1.76. The van der Waals surface area contributed by atoms with Crippen molar-refractivity contribution in [3.05, 3.63) is 41.7 Å². The maximum Gasteiger partial charge on any atom is 0.335 e. The van der Waals surface area contributed by atoms with Gasteiger partial charge in [-0.15, -0.1) is 5.10 Å². The number of aromatic carboxylic acids is 1. The summed E-state index contributed by atoms with van der Waals surface area (Å²) in [5.41, 5.74) is 1.35. The van der Waals surface area contributed by atoms with Gasteiger partial charge in [-0.2, -0.15) is 4.52 Å². The Hall–Kier alpha value is -3.03. The summed E-state index contributed by atoms with van der Waals surface area (Å²) in [4.78, 5) is 14.9. The van der Waals surface area contributed by atoms with E-state index in [9.17, 15) is 4.79 Å². The molecule has 0 saturated carbocycles. The molecule has 0 amide bonds. The molecule has 0 spiro atoms. The molecule has 8 heteroatoms. The second-order valence-electron chi connectivity index (χ2n) is 4.08. The van der Waals surface area contributed by atoms with Crippen molar-refractivity contribution in [3.63, 3.8) is 0 Å². The molecule has 3 aromatic rings. The first-order chi connectivity index (χ1) is 9.65. The molecule has 0 saturated heterocycles. The molecule has 0 aliphatic heterocycles. The molecule has 1 aromatic carbocycles. The smallest absolute Gasteiger partial charge is 0.335 e. The molecule has 0 unspecified atom stereocenters. The van der Waals surface area contributed by atoms with Crippen LogP contribution in [0, 0.1) is 6.92 Å². The van der Waals surface area contributed by atoms with Gasteiger partial charge >= 0.3 is 5.97 Å². The Kier molecular flexibility index (Phi) is 2.75. The summed E-state index contributed by atoms with van der Waals surface area (Å²) in [7, 11) is 0. The van der Waals surface area contributed by atoms with E-state index in [1.165, 1.54) is 29.0 Å². The monoisotopic (exact) mass is 271 g/mol. The SMILES string of the molecule is Cc1cc(C(=O)O)ccc1Oc1cncc2nnnn12. The van der Waals surface area contributed by atoms with E-state index in [0.29, 0.717) is 22.8 Å². The molecule has 1 N–H and O–H groups in total. The van der Waals surface area contributed by atoms with Gasteiger partial charge in [0.2, 0.25) is 11.5 Å². The summed E-state index contributed by atoms with van der Waals surface area (Å²) in [5, 5.41) is 20.0. The molecule has 8 nitrogen and oxygen atoms in total. The van der Waals surface area contributed by atoms with Gasteiger partial charge in [0.15, 0.2) is 0 Å². The van der Waals surface area contributed by atoms with Crippen LogP contribution in [0.1, 0.15) is 15.9 Å². The average Bonchev–Trinajstić information content (AvgIpc) is 2.90. The van der Waals surface area contributed by atoms with Gasteiger partial charge in [-0.1, -0.05) is 0 Å². The Balaban J connectivity index is 1.99. The van der Waals surface area contributed by atoms with E-state index < -0.39 is 5.97 Å². The van der Waals surface area contributed by atoms with Crippen LogP contribution in [0.3, 0.4) is 0 Å². The largest absolute Gasteiger partial charge is 0.478 e. The first-order valence-corrected chi connectivity index (χ1v) is 5.69. The topological polar surface area (TPSA) is 102 Å². The third kappa shape index (κ3) is 2.03. The van der Waals surface area contributed by atoms with E-state index in [0.717, 1.165) is 0 Å². The van der Waals surface area contributed by atoms with Crippen molar-refractivity contribution in [2.24, 2.45) is 0 Å². The number of carbonyl (C=O) groups is 1. The van der Waals surface area contributed by atoms with Crippen molar-refractivity contribution in [2.75, 3.05) is 0 Å². The quantitative estimate of drug-likeness (QED) is 0.766. The molecule has 20 heavy (non-hydrogen) atoms. The normalized spacial score (nSPS) is 10.7. The van der Waals surface area contributed by atoms with E-state index in [4.69, 9.17) is 9.84 Å². The number of ether oxygens (including phenoxy) is 1. The number of nitrogens with zero attached hydrogens (tertiary/aromatic N) is 5. The zero-order valence-corrected chi connectivity index (χ0v) is 10.4. The number of aromatic nitrogens is 5. The van der Waals surface area contributed by atoms with E-state index in [1.807, 2.05) is 0 Å². The molecule has 2 aromatic heterocycles. The van der Waals surface area contributed by atoms with Gasteiger partial charge < -0.3 is 9.84 Å². The van der Waals surface area contributed by atoms with Crippen LogP contribution in [-0.4, -0.2) is 36.1 Å². The number of aryl methyl sites for hydroxylation is 1. The van der Waals surface area contributed by atoms with Crippen LogP contribution < -0.4 is 4.74 Å². The summed E-state index contributed by atoms with van der Waals surface area (Å²) in [6, 6.07) is 4.59. The number of tetrazole rings is 1. The van der Waals surface area contributed by atoms with Crippen LogP contribution in [-0.2, 0) is 0 Å². The number of rotatable bonds is 3. The lowest BCUT2D eigenvalue weighted by Gasteiger charge is -2.09. The van der Waals surface area contributed by atoms with Gasteiger partial charge in [-0.05, 0) is 41.1 Å². The molecule has 2 heterocycles. The second-order valence-corrected chi connectivity index (χ2v) is 4.08. The zero-order chi connectivity index (χ0) is 14.1.